The highest BCUT2D eigenvalue weighted by Gasteiger charge is 2.15. The Morgan fingerprint density at radius 2 is 2.10 bits per heavy atom. The van der Waals surface area contributed by atoms with Gasteiger partial charge in [-0.25, -0.2) is 0 Å². The van der Waals surface area contributed by atoms with E-state index in [0.29, 0.717) is 29.2 Å². The van der Waals surface area contributed by atoms with E-state index in [2.05, 4.69) is 10.2 Å². The number of hydrogen-bond donors (Lipinski definition) is 1. The smallest absolute Gasteiger partial charge is 0.313 e. The maximum absolute atomic E-state index is 10.7. The van der Waals surface area contributed by atoms with Gasteiger partial charge in [-0.15, -0.1) is 10.2 Å². The van der Waals surface area contributed by atoms with Crippen LogP contribution in [0.5, 0.6) is 0 Å². The number of aromatic nitrogens is 3. The van der Waals surface area contributed by atoms with Crippen LogP contribution in [0.15, 0.2) is 29.4 Å². The van der Waals surface area contributed by atoms with Gasteiger partial charge in [0.15, 0.2) is 11.0 Å². The molecule has 0 aliphatic heterocycles. The minimum absolute atomic E-state index is 0.0638. The lowest BCUT2D eigenvalue weighted by atomic mass is 10.2. The lowest BCUT2D eigenvalue weighted by molar-refractivity contribution is -0.133. The molecule has 0 atom stereocenters. The van der Waals surface area contributed by atoms with Crippen LogP contribution in [0.2, 0.25) is 5.02 Å². The fourth-order valence-corrected chi connectivity index (χ4v) is 2.53. The average Bonchev–Trinajstić information content (AvgIpc) is 2.86. The van der Waals surface area contributed by atoms with E-state index in [4.69, 9.17) is 21.4 Å². The third-order valence-corrected chi connectivity index (χ3v) is 3.87. The zero-order valence-corrected chi connectivity index (χ0v) is 12.9. The van der Waals surface area contributed by atoms with Crippen LogP contribution in [-0.2, 0) is 16.1 Å². The van der Waals surface area contributed by atoms with Crippen LogP contribution in [0.4, 0.5) is 0 Å². The molecule has 1 aromatic heterocycles. The first kappa shape index (κ1) is 15.8. The van der Waals surface area contributed by atoms with Gasteiger partial charge in [0.1, 0.15) is 0 Å². The van der Waals surface area contributed by atoms with Crippen LogP contribution >= 0.6 is 23.4 Å². The Labute approximate surface area is 131 Å². The van der Waals surface area contributed by atoms with Crippen LogP contribution < -0.4 is 0 Å². The Balaban J connectivity index is 2.31. The van der Waals surface area contributed by atoms with Crippen LogP contribution in [0, 0.1) is 0 Å². The fraction of sp³-hybridized carbons (Fsp3) is 0.308. The number of aliphatic carboxylic acids is 1. The Bertz CT molecular complexity index is 616. The van der Waals surface area contributed by atoms with Crippen molar-refractivity contribution in [1.82, 2.24) is 14.8 Å². The number of carbonyl (C=O) groups is 1. The van der Waals surface area contributed by atoms with Gasteiger partial charge < -0.3 is 9.84 Å². The zero-order valence-electron chi connectivity index (χ0n) is 11.3. The summed E-state index contributed by atoms with van der Waals surface area (Å²) in [6, 6.07) is 7.25. The molecule has 1 aromatic carbocycles. The molecule has 0 bridgehead atoms. The highest BCUT2D eigenvalue weighted by atomic mass is 35.5. The highest BCUT2D eigenvalue weighted by Crippen LogP contribution is 2.25. The number of rotatable bonds is 7. The zero-order chi connectivity index (χ0) is 15.2. The molecule has 0 unspecified atom stereocenters. The number of methoxy groups -OCH3 is 1. The number of hydrogen-bond acceptors (Lipinski definition) is 5. The number of carboxylic acids is 1. The van der Waals surface area contributed by atoms with Crippen molar-refractivity contribution in [1.29, 1.82) is 0 Å². The fourth-order valence-electron chi connectivity index (χ4n) is 1.72. The first-order valence-corrected chi connectivity index (χ1v) is 7.51. The normalized spacial score (nSPS) is 10.8. The van der Waals surface area contributed by atoms with Gasteiger partial charge in [0.2, 0.25) is 0 Å². The van der Waals surface area contributed by atoms with Crippen molar-refractivity contribution in [3.63, 3.8) is 0 Å². The van der Waals surface area contributed by atoms with E-state index in [1.807, 2.05) is 16.7 Å². The molecule has 112 valence electrons. The molecule has 0 aliphatic carbocycles. The van der Waals surface area contributed by atoms with Gasteiger partial charge in [-0.3, -0.25) is 9.36 Å². The van der Waals surface area contributed by atoms with Gasteiger partial charge in [0.25, 0.3) is 0 Å². The monoisotopic (exact) mass is 327 g/mol. The van der Waals surface area contributed by atoms with Gasteiger partial charge in [-0.05, 0) is 24.3 Å². The van der Waals surface area contributed by atoms with E-state index in [-0.39, 0.29) is 5.75 Å². The second-order valence-corrected chi connectivity index (χ2v) is 5.52. The molecule has 2 aromatic rings. The molecule has 1 N–H and O–H groups in total. The molecule has 0 radical (unpaired) electrons. The first-order chi connectivity index (χ1) is 10.1. The molecule has 0 amide bonds. The van der Waals surface area contributed by atoms with Gasteiger partial charge >= 0.3 is 5.97 Å². The minimum atomic E-state index is -0.894. The Kier molecular flexibility index (Phi) is 5.60. The quantitative estimate of drug-likeness (QED) is 0.787. The van der Waals surface area contributed by atoms with Crippen LogP contribution in [0.25, 0.3) is 11.4 Å². The lowest BCUT2D eigenvalue weighted by Crippen LogP contribution is -2.08. The highest BCUT2D eigenvalue weighted by molar-refractivity contribution is 7.99. The molecular weight excluding hydrogens is 314 g/mol. The van der Waals surface area contributed by atoms with Crippen LogP contribution in [0.1, 0.15) is 0 Å². The summed E-state index contributed by atoms with van der Waals surface area (Å²) in [6.45, 7) is 1.03. The summed E-state index contributed by atoms with van der Waals surface area (Å²) < 4.78 is 6.93. The topological polar surface area (TPSA) is 77.2 Å². The summed E-state index contributed by atoms with van der Waals surface area (Å²) in [5.41, 5.74) is 0.866. The van der Waals surface area contributed by atoms with Gasteiger partial charge in [0.05, 0.1) is 18.9 Å². The minimum Gasteiger partial charge on any atom is -0.481 e. The third-order valence-electron chi connectivity index (χ3n) is 2.66. The molecule has 21 heavy (non-hydrogen) atoms. The summed E-state index contributed by atoms with van der Waals surface area (Å²) >= 11 is 7.01. The molecule has 0 aliphatic rings. The Hall–Kier alpha value is -1.57. The predicted molar refractivity (Wildman–Crippen MR) is 80.7 cm³/mol. The number of thioether (sulfide) groups is 1. The van der Waals surface area contributed by atoms with Crippen molar-refractivity contribution in [2.75, 3.05) is 19.5 Å². The number of halogens is 1. The van der Waals surface area contributed by atoms with E-state index < -0.39 is 5.97 Å². The summed E-state index contributed by atoms with van der Waals surface area (Å²) in [7, 11) is 1.61. The third kappa shape index (κ3) is 4.20. The average molecular weight is 328 g/mol. The van der Waals surface area contributed by atoms with E-state index in [9.17, 15) is 4.79 Å². The standard InChI is InChI=1S/C13H14ClN3O3S/c1-20-7-6-17-12(9-2-4-10(14)5-3-9)15-16-13(17)21-8-11(18)19/h2-5H,6-8H2,1H3,(H,18,19). The lowest BCUT2D eigenvalue weighted by Gasteiger charge is -2.09. The molecule has 2 rings (SSSR count). The number of benzene rings is 1. The summed E-state index contributed by atoms with van der Waals surface area (Å²) in [6.07, 6.45) is 0. The maximum atomic E-state index is 10.7. The van der Waals surface area contributed by atoms with Crippen molar-refractivity contribution in [3.8, 4) is 11.4 Å². The van der Waals surface area contributed by atoms with Gasteiger partial charge in [-0.1, -0.05) is 23.4 Å². The Morgan fingerprint density at radius 3 is 2.71 bits per heavy atom. The van der Waals surface area contributed by atoms with Crippen molar-refractivity contribution in [2.24, 2.45) is 0 Å². The largest absolute Gasteiger partial charge is 0.481 e. The van der Waals surface area contributed by atoms with Crippen LogP contribution in [-0.4, -0.2) is 45.3 Å². The molecular formula is C13H14ClN3O3S. The SMILES string of the molecule is COCCn1c(SCC(=O)O)nnc1-c1ccc(Cl)cc1. The first-order valence-electron chi connectivity index (χ1n) is 6.14. The number of ether oxygens (including phenoxy) is 1. The van der Waals surface area contributed by atoms with Crippen molar-refractivity contribution >= 4 is 29.3 Å². The van der Waals surface area contributed by atoms with Crippen molar-refractivity contribution < 1.29 is 14.6 Å². The predicted octanol–water partition coefficient (Wildman–Crippen LogP) is 2.42. The van der Waals surface area contributed by atoms with E-state index in [1.165, 1.54) is 0 Å². The van der Waals surface area contributed by atoms with Crippen LogP contribution in [0.3, 0.4) is 0 Å². The second-order valence-electron chi connectivity index (χ2n) is 4.14. The van der Waals surface area contributed by atoms with Crippen molar-refractivity contribution in [2.45, 2.75) is 11.7 Å². The Morgan fingerprint density at radius 1 is 1.38 bits per heavy atom. The molecule has 0 spiro atoms. The number of carboxylic acid groups (broad SMARTS) is 1. The van der Waals surface area contributed by atoms with Gasteiger partial charge in [0, 0.05) is 17.7 Å². The summed E-state index contributed by atoms with van der Waals surface area (Å²) in [4.78, 5) is 10.7. The van der Waals surface area contributed by atoms with Gasteiger partial charge in [-0.2, -0.15) is 0 Å². The molecule has 6 nitrogen and oxygen atoms in total. The van der Waals surface area contributed by atoms with Crippen molar-refractivity contribution in [3.05, 3.63) is 29.3 Å². The molecule has 0 fully saturated rings. The molecule has 0 saturated heterocycles. The number of nitrogens with zero attached hydrogens (tertiary/aromatic N) is 3. The summed E-state index contributed by atoms with van der Waals surface area (Å²) in [5, 5.41) is 18.2. The molecule has 8 heteroatoms. The molecule has 0 saturated carbocycles. The molecule has 1 heterocycles. The maximum Gasteiger partial charge on any atom is 0.313 e. The van der Waals surface area contributed by atoms with E-state index >= 15 is 0 Å². The summed E-state index contributed by atoms with van der Waals surface area (Å²) in [5.74, 6) is -0.294. The second kappa shape index (κ2) is 7.44. The van der Waals surface area contributed by atoms with E-state index in [0.717, 1.165) is 17.3 Å². The van der Waals surface area contributed by atoms with E-state index in [1.54, 1.807) is 19.2 Å².